The lowest BCUT2D eigenvalue weighted by Crippen LogP contribution is -2.46. The molecule has 0 spiro atoms. The minimum atomic E-state index is -0.960. The first kappa shape index (κ1) is 17.0. The van der Waals surface area contributed by atoms with Gasteiger partial charge in [-0.15, -0.1) is 0 Å². The van der Waals surface area contributed by atoms with Gasteiger partial charge in [-0.3, -0.25) is 4.79 Å². The molecular formula is C19H22N4O2S. The van der Waals surface area contributed by atoms with Crippen molar-refractivity contribution >= 4 is 22.2 Å². The minimum Gasteiger partial charge on any atom is -0.478 e. The summed E-state index contributed by atoms with van der Waals surface area (Å²) >= 11 is 1.53. The van der Waals surface area contributed by atoms with Crippen LogP contribution in [0.1, 0.15) is 42.1 Å². The highest BCUT2D eigenvalue weighted by Gasteiger charge is 2.30. The predicted octanol–water partition coefficient (Wildman–Crippen LogP) is 3.06. The van der Waals surface area contributed by atoms with Crippen LogP contribution >= 0.6 is 11.3 Å². The average molecular weight is 370 g/mol. The standard InChI is InChI=1S/C19H22N4O2S/c1-12-22-23-11-15(21-18(23)26-12)10-20-17(24)19(2,3)25-16-8-7-13-5-4-6-14(13)9-16/h7-9,11H,4-6,10H2,1-3H3,(H,20,24). The summed E-state index contributed by atoms with van der Waals surface area (Å²) in [4.78, 5) is 17.9. The molecule has 7 heteroatoms. The number of rotatable bonds is 5. The van der Waals surface area contributed by atoms with Crippen LogP contribution in [0, 0.1) is 6.92 Å². The monoisotopic (exact) mass is 370 g/mol. The normalized spacial score (nSPS) is 13.8. The van der Waals surface area contributed by atoms with E-state index in [1.807, 2.05) is 19.2 Å². The molecule has 6 nitrogen and oxygen atoms in total. The molecule has 0 atom stereocenters. The van der Waals surface area contributed by atoms with Crippen molar-refractivity contribution in [3.05, 3.63) is 46.2 Å². The van der Waals surface area contributed by atoms with E-state index < -0.39 is 5.60 Å². The smallest absolute Gasteiger partial charge is 0.263 e. The minimum absolute atomic E-state index is 0.168. The molecule has 4 rings (SSSR count). The number of nitrogens with one attached hydrogen (secondary N) is 1. The molecule has 0 radical (unpaired) electrons. The van der Waals surface area contributed by atoms with Gasteiger partial charge in [0.1, 0.15) is 10.8 Å². The topological polar surface area (TPSA) is 68.5 Å². The first-order valence-corrected chi connectivity index (χ1v) is 9.63. The van der Waals surface area contributed by atoms with E-state index in [0.29, 0.717) is 6.54 Å². The Morgan fingerprint density at radius 1 is 1.35 bits per heavy atom. The highest BCUT2D eigenvalue weighted by Crippen LogP contribution is 2.28. The maximum Gasteiger partial charge on any atom is 0.263 e. The van der Waals surface area contributed by atoms with Crippen molar-refractivity contribution < 1.29 is 9.53 Å². The summed E-state index contributed by atoms with van der Waals surface area (Å²) in [5.74, 6) is 0.575. The molecule has 1 aliphatic carbocycles. The number of carbonyl (C=O) groups is 1. The predicted molar refractivity (Wildman–Crippen MR) is 101 cm³/mol. The molecule has 2 aromatic heterocycles. The highest BCUT2D eigenvalue weighted by atomic mass is 32.1. The molecule has 0 bridgehead atoms. The van der Waals surface area contributed by atoms with E-state index in [0.717, 1.165) is 34.3 Å². The van der Waals surface area contributed by atoms with Crippen molar-refractivity contribution in [2.24, 2.45) is 0 Å². The van der Waals surface area contributed by atoms with Crippen LogP contribution < -0.4 is 10.1 Å². The van der Waals surface area contributed by atoms with Crippen molar-refractivity contribution in [1.29, 1.82) is 0 Å². The number of benzene rings is 1. The van der Waals surface area contributed by atoms with Crippen LogP contribution in [-0.4, -0.2) is 26.1 Å². The van der Waals surface area contributed by atoms with E-state index >= 15 is 0 Å². The Morgan fingerprint density at radius 2 is 2.15 bits per heavy atom. The van der Waals surface area contributed by atoms with Crippen LogP contribution in [-0.2, 0) is 24.2 Å². The lowest BCUT2D eigenvalue weighted by molar-refractivity contribution is -0.134. The van der Waals surface area contributed by atoms with E-state index in [-0.39, 0.29) is 5.91 Å². The molecule has 1 aromatic carbocycles. The van der Waals surface area contributed by atoms with Gasteiger partial charge in [0, 0.05) is 0 Å². The van der Waals surface area contributed by atoms with Gasteiger partial charge in [0.2, 0.25) is 4.96 Å². The van der Waals surface area contributed by atoms with Gasteiger partial charge in [0.25, 0.3) is 5.91 Å². The fourth-order valence-electron chi connectivity index (χ4n) is 3.27. The summed E-state index contributed by atoms with van der Waals surface area (Å²) in [7, 11) is 0. The number of fused-ring (bicyclic) bond motifs is 2. The second-order valence-corrected chi connectivity index (χ2v) is 8.32. The molecule has 0 saturated carbocycles. The molecule has 26 heavy (non-hydrogen) atoms. The van der Waals surface area contributed by atoms with Crippen molar-refractivity contribution in [3.63, 3.8) is 0 Å². The quantitative estimate of drug-likeness (QED) is 0.749. The Balaban J connectivity index is 1.40. The lowest BCUT2D eigenvalue weighted by atomic mass is 10.1. The Kier molecular flexibility index (Phi) is 4.19. The lowest BCUT2D eigenvalue weighted by Gasteiger charge is -2.25. The zero-order valence-corrected chi connectivity index (χ0v) is 16.0. The number of imidazole rings is 1. The fourth-order valence-corrected chi connectivity index (χ4v) is 4.01. The Labute approximate surface area is 156 Å². The largest absolute Gasteiger partial charge is 0.478 e. The number of hydrogen-bond donors (Lipinski definition) is 1. The van der Waals surface area contributed by atoms with E-state index in [1.165, 1.54) is 28.9 Å². The number of nitrogens with zero attached hydrogens (tertiary/aromatic N) is 3. The molecule has 1 N–H and O–H groups in total. The molecular weight excluding hydrogens is 348 g/mol. The maximum atomic E-state index is 12.6. The van der Waals surface area contributed by atoms with E-state index in [1.54, 1.807) is 18.4 Å². The zero-order chi connectivity index (χ0) is 18.3. The number of aromatic nitrogens is 3. The van der Waals surface area contributed by atoms with Crippen molar-refractivity contribution in [1.82, 2.24) is 19.9 Å². The fraction of sp³-hybridized carbons (Fsp3) is 0.421. The summed E-state index contributed by atoms with van der Waals surface area (Å²) in [6.45, 7) is 5.86. The number of amides is 1. The van der Waals surface area contributed by atoms with Crippen molar-refractivity contribution in [2.75, 3.05) is 0 Å². The number of carbonyl (C=O) groups excluding carboxylic acids is 1. The first-order chi connectivity index (χ1) is 12.4. The van der Waals surface area contributed by atoms with Crippen molar-refractivity contribution in [3.8, 4) is 5.75 Å². The van der Waals surface area contributed by atoms with E-state index in [9.17, 15) is 4.79 Å². The molecule has 0 saturated heterocycles. The molecule has 1 amide bonds. The summed E-state index contributed by atoms with van der Waals surface area (Å²) in [5, 5.41) is 8.21. The van der Waals surface area contributed by atoms with Crippen LogP contribution in [0.3, 0.4) is 0 Å². The molecule has 3 aromatic rings. The average Bonchev–Trinajstić information content (AvgIpc) is 3.25. The summed E-state index contributed by atoms with van der Waals surface area (Å²) in [6.07, 6.45) is 5.26. The van der Waals surface area contributed by atoms with E-state index in [4.69, 9.17) is 4.74 Å². The van der Waals surface area contributed by atoms with Crippen LogP contribution in [0.25, 0.3) is 4.96 Å². The Morgan fingerprint density at radius 3 is 2.96 bits per heavy atom. The second kappa shape index (κ2) is 6.39. The summed E-state index contributed by atoms with van der Waals surface area (Å²) < 4.78 is 7.73. The molecule has 0 unspecified atom stereocenters. The van der Waals surface area contributed by atoms with Gasteiger partial charge < -0.3 is 10.1 Å². The zero-order valence-electron chi connectivity index (χ0n) is 15.2. The number of hydrogen-bond acceptors (Lipinski definition) is 5. The molecule has 0 aliphatic heterocycles. The van der Waals surface area contributed by atoms with E-state index in [2.05, 4.69) is 27.5 Å². The summed E-state index contributed by atoms with van der Waals surface area (Å²) in [6, 6.07) is 6.13. The molecule has 136 valence electrons. The second-order valence-electron chi connectivity index (χ2n) is 7.16. The third kappa shape index (κ3) is 3.31. The van der Waals surface area contributed by atoms with Crippen LogP contribution in [0.5, 0.6) is 5.75 Å². The first-order valence-electron chi connectivity index (χ1n) is 8.81. The van der Waals surface area contributed by atoms with Gasteiger partial charge in [0.05, 0.1) is 18.4 Å². The molecule has 0 fully saturated rings. The van der Waals surface area contributed by atoms with Gasteiger partial charge in [-0.25, -0.2) is 9.50 Å². The molecule has 1 aliphatic rings. The number of aryl methyl sites for hydroxylation is 3. The third-order valence-corrected chi connectivity index (χ3v) is 5.45. The maximum absolute atomic E-state index is 12.6. The molecule has 2 heterocycles. The Hall–Kier alpha value is -2.41. The van der Waals surface area contributed by atoms with Gasteiger partial charge >= 0.3 is 0 Å². The number of ether oxygens (including phenoxy) is 1. The van der Waals surface area contributed by atoms with Crippen LogP contribution in [0.4, 0.5) is 0 Å². The summed E-state index contributed by atoms with van der Waals surface area (Å²) in [5.41, 5.74) is 2.55. The SMILES string of the molecule is Cc1nn2cc(CNC(=O)C(C)(C)Oc3ccc4c(c3)CCC4)nc2s1. The van der Waals surface area contributed by atoms with Gasteiger partial charge in [-0.2, -0.15) is 5.10 Å². The highest BCUT2D eigenvalue weighted by molar-refractivity contribution is 7.16. The van der Waals surface area contributed by atoms with Crippen molar-refractivity contribution in [2.45, 2.75) is 52.2 Å². The third-order valence-electron chi connectivity index (χ3n) is 4.61. The van der Waals surface area contributed by atoms with Gasteiger partial charge in [0.15, 0.2) is 5.60 Å². The Bertz CT molecular complexity index is 942. The van der Waals surface area contributed by atoms with Crippen LogP contribution in [0.15, 0.2) is 24.4 Å². The van der Waals surface area contributed by atoms with Gasteiger partial charge in [-0.1, -0.05) is 17.4 Å². The van der Waals surface area contributed by atoms with Gasteiger partial charge in [-0.05, 0) is 63.3 Å². The van der Waals surface area contributed by atoms with Crippen LogP contribution in [0.2, 0.25) is 0 Å².